The zero-order valence-corrected chi connectivity index (χ0v) is 14.2. The number of rotatable bonds is 5. The molecule has 3 aromatic rings. The van der Waals surface area contributed by atoms with E-state index < -0.39 is 0 Å². The fourth-order valence-electron chi connectivity index (χ4n) is 2.57. The molecule has 0 aliphatic heterocycles. The Morgan fingerprint density at radius 2 is 2.04 bits per heavy atom. The summed E-state index contributed by atoms with van der Waals surface area (Å²) < 4.78 is 1.57. The molecule has 7 nitrogen and oxygen atoms in total. The summed E-state index contributed by atoms with van der Waals surface area (Å²) >= 11 is 0. The predicted octanol–water partition coefficient (Wildman–Crippen LogP) is 2.36. The second-order valence-electron chi connectivity index (χ2n) is 5.77. The van der Waals surface area contributed by atoms with Gasteiger partial charge >= 0.3 is 0 Å². The van der Waals surface area contributed by atoms with Gasteiger partial charge in [-0.2, -0.15) is 10.2 Å². The van der Waals surface area contributed by atoms with Crippen molar-refractivity contribution in [2.45, 2.75) is 26.8 Å². The lowest BCUT2D eigenvalue weighted by Gasteiger charge is -2.20. The number of carbonyl (C=O) groups excluding carboxylic acids is 1. The van der Waals surface area contributed by atoms with Gasteiger partial charge in [0.25, 0.3) is 11.7 Å². The van der Waals surface area contributed by atoms with Gasteiger partial charge in [-0.15, -0.1) is 5.10 Å². The van der Waals surface area contributed by atoms with Gasteiger partial charge in [-0.25, -0.2) is 9.50 Å². The minimum atomic E-state index is -0.226. The van der Waals surface area contributed by atoms with Crippen LogP contribution in [0.2, 0.25) is 0 Å². The van der Waals surface area contributed by atoms with Crippen LogP contribution >= 0.6 is 0 Å². The molecule has 0 aliphatic rings. The molecule has 0 spiro atoms. The summed E-state index contributed by atoms with van der Waals surface area (Å²) in [5, 5.41) is 13.2. The number of fused-ring (bicyclic) bond motifs is 1. The third-order valence-electron chi connectivity index (χ3n) is 3.86. The molecule has 7 heteroatoms. The van der Waals surface area contributed by atoms with Crippen molar-refractivity contribution in [3.63, 3.8) is 0 Å². The van der Waals surface area contributed by atoms with Crippen LogP contribution in [0.5, 0.6) is 0 Å². The van der Waals surface area contributed by atoms with Crippen molar-refractivity contribution in [2.24, 2.45) is 0 Å². The number of nitrogens with zero attached hydrogens (tertiary/aromatic N) is 6. The van der Waals surface area contributed by atoms with Crippen molar-refractivity contribution >= 4 is 11.7 Å². The van der Waals surface area contributed by atoms with Gasteiger partial charge in [0.05, 0.1) is 11.6 Å². The van der Waals surface area contributed by atoms with E-state index in [9.17, 15) is 4.79 Å². The number of benzene rings is 1. The Bertz CT molecular complexity index is 938. The number of nitriles is 1. The number of hydrogen-bond acceptors (Lipinski definition) is 5. The quantitative estimate of drug-likeness (QED) is 0.715. The lowest BCUT2D eigenvalue weighted by molar-refractivity contribution is 0.0731. The smallest absolute Gasteiger partial charge is 0.293 e. The van der Waals surface area contributed by atoms with E-state index in [0.717, 1.165) is 17.7 Å². The molecule has 1 amide bonds. The molecule has 3 rings (SSSR count). The summed E-state index contributed by atoms with van der Waals surface area (Å²) in [5.41, 5.74) is 2.42. The number of hydrogen-bond donors (Lipinski definition) is 0. The van der Waals surface area contributed by atoms with Crippen LogP contribution in [0.15, 0.2) is 36.5 Å². The highest BCUT2D eigenvalue weighted by atomic mass is 16.2. The van der Waals surface area contributed by atoms with Crippen molar-refractivity contribution in [1.82, 2.24) is 24.5 Å². The first-order valence-electron chi connectivity index (χ1n) is 8.09. The van der Waals surface area contributed by atoms with E-state index in [1.807, 2.05) is 32.0 Å². The second kappa shape index (κ2) is 7.09. The molecule has 0 aliphatic carbocycles. The SMILES string of the molecule is CCCN(Cc1ccc(C#N)cc1)C(=O)c1nc2nccc(C)n2n1. The standard InChI is InChI=1S/C18H18N6O/c1-3-10-23(12-15-6-4-14(11-19)5-7-15)17(25)16-21-18-20-9-8-13(2)24(18)22-16/h4-9H,3,10,12H2,1-2H3. The summed E-state index contributed by atoms with van der Waals surface area (Å²) in [7, 11) is 0. The lowest BCUT2D eigenvalue weighted by Crippen LogP contribution is -2.32. The van der Waals surface area contributed by atoms with Crippen LogP contribution in [0, 0.1) is 18.3 Å². The second-order valence-corrected chi connectivity index (χ2v) is 5.77. The van der Waals surface area contributed by atoms with Crippen LogP contribution < -0.4 is 0 Å². The first kappa shape index (κ1) is 16.6. The maximum atomic E-state index is 12.9. The van der Waals surface area contributed by atoms with Gasteiger partial charge < -0.3 is 4.90 Å². The molecular weight excluding hydrogens is 316 g/mol. The third kappa shape index (κ3) is 3.48. The molecule has 0 N–H and O–H groups in total. The molecule has 0 radical (unpaired) electrons. The van der Waals surface area contributed by atoms with E-state index >= 15 is 0 Å². The first-order valence-corrected chi connectivity index (χ1v) is 8.09. The van der Waals surface area contributed by atoms with Gasteiger partial charge in [0.2, 0.25) is 5.82 Å². The molecule has 0 fully saturated rings. The van der Waals surface area contributed by atoms with Crippen LogP contribution in [0.4, 0.5) is 0 Å². The molecule has 0 bridgehead atoms. The highest BCUT2D eigenvalue weighted by molar-refractivity contribution is 5.90. The molecule has 0 atom stereocenters. The molecule has 2 heterocycles. The highest BCUT2D eigenvalue weighted by Crippen LogP contribution is 2.11. The first-order chi connectivity index (χ1) is 12.1. The minimum absolute atomic E-state index is 0.142. The Labute approximate surface area is 145 Å². The Kier molecular flexibility index (Phi) is 4.70. The number of aromatic nitrogens is 4. The Hall–Kier alpha value is -3.27. The summed E-state index contributed by atoms with van der Waals surface area (Å²) in [4.78, 5) is 23.0. The Balaban J connectivity index is 1.86. The maximum Gasteiger partial charge on any atom is 0.293 e. The number of aryl methyl sites for hydroxylation is 1. The van der Waals surface area contributed by atoms with Crippen LogP contribution in [0.1, 0.15) is 40.8 Å². The molecule has 0 saturated carbocycles. The zero-order valence-electron chi connectivity index (χ0n) is 14.2. The van der Waals surface area contributed by atoms with Crippen LogP contribution in [-0.4, -0.2) is 36.9 Å². The van der Waals surface area contributed by atoms with E-state index in [0.29, 0.717) is 24.4 Å². The zero-order chi connectivity index (χ0) is 17.8. The van der Waals surface area contributed by atoms with Crippen LogP contribution in [0.3, 0.4) is 0 Å². The molecule has 0 saturated heterocycles. The van der Waals surface area contributed by atoms with E-state index in [1.165, 1.54) is 0 Å². The lowest BCUT2D eigenvalue weighted by atomic mass is 10.1. The Morgan fingerprint density at radius 1 is 1.28 bits per heavy atom. The average molecular weight is 334 g/mol. The molecular formula is C18H18N6O. The van der Waals surface area contributed by atoms with Crippen molar-refractivity contribution < 1.29 is 4.79 Å². The molecule has 25 heavy (non-hydrogen) atoms. The topological polar surface area (TPSA) is 87.2 Å². The van der Waals surface area contributed by atoms with Crippen molar-refractivity contribution in [1.29, 1.82) is 5.26 Å². The van der Waals surface area contributed by atoms with E-state index in [-0.39, 0.29) is 11.7 Å². The molecule has 2 aromatic heterocycles. The number of amides is 1. The predicted molar refractivity (Wildman–Crippen MR) is 91.7 cm³/mol. The third-order valence-corrected chi connectivity index (χ3v) is 3.86. The highest BCUT2D eigenvalue weighted by Gasteiger charge is 2.21. The summed E-state index contributed by atoms with van der Waals surface area (Å²) in [6.07, 6.45) is 2.47. The fourth-order valence-corrected chi connectivity index (χ4v) is 2.57. The van der Waals surface area contributed by atoms with Crippen molar-refractivity contribution in [3.05, 3.63) is 59.2 Å². The Morgan fingerprint density at radius 3 is 2.68 bits per heavy atom. The summed E-state index contributed by atoms with van der Waals surface area (Å²) in [6.45, 7) is 4.95. The molecule has 0 unspecified atom stereocenters. The fraction of sp³-hybridized carbons (Fsp3) is 0.278. The van der Waals surface area contributed by atoms with Gasteiger partial charge in [-0.1, -0.05) is 19.1 Å². The average Bonchev–Trinajstić information content (AvgIpc) is 3.07. The van der Waals surface area contributed by atoms with Gasteiger partial charge in [0.1, 0.15) is 0 Å². The van der Waals surface area contributed by atoms with Gasteiger partial charge in [0, 0.05) is 25.0 Å². The van der Waals surface area contributed by atoms with Gasteiger partial charge in [-0.3, -0.25) is 4.79 Å². The summed E-state index contributed by atoms with van der Waals surface area (Å²) in [6, 6.07) is 11.1. The van der Waals surface area contributed by atoms with Gasteiger partial charge in [0.15, 0.2) is 0 Å². The normalized spacial score (nSPS) is 10.6. The van der Waals surface area contributed by atoms with Crippen molar-refractivity contribution in [2.75, 3.05) is 6.54 Å². The van der Waals surface area contributed by atoms with E-state index in [1.54, 1.807) is 27.7 Å². The minimum Gasteiger partial charge on any atom is -0.332 e. The number of carbonyl (C=O) groups is 1. The van der Waals surface area contributed by atoms with E-state index in [2.05, 4.69) is 21.1 Å². The van der Waals surface area contributed by atoms with Crippen LogP contribution in [-0.2, 0) is 6.54 Å². The monoisotopic (exact) mass is 334 g/mol. The van der Waals surface area contributed by atoms with Gasteiger partial charge in [-0.05, 0) is 37.1 Å². The largest absolute Gasteiger partial charge is 0.332 e. The van der Waals surface area contributed by atoms with Crippen molar-refractivity contribution in [3.8, 4) is 6.07 Å². The maximum absolute atomic E-state index is 12.9. The molecule has 1 aromatic carbocycles. The van der Waals surface area contributed by atoms with E-state index in [4.69, 9.17) is 5.26 Å². The van der Waals surface area contributed by atoms with Crippen LogP contribution in [0.25, 0.3) is 5.78 Å². The molecule has 126 valence electrons. The summed E-state index contributed by atoms with van der Waals surface area (Å²) in [5.74, 6) is 0.332.